The molecule has 0 aliphatic heterocycles. The van der Waals surface area contributed by atoms with Gasteiger partial charge in [-0.15, -0.1) is 0 Å². The number of halogens is 1. The van der Waals surface area contributed by atoms with E-state index in [9.17, 15) is 19.7 Å². The fraction of sp³-hybridized carbons (Fsp3) is 0.308. The Hall–Kier alpha value is -3.65. The molecule has 0 aliphatic carbocycles. The van der Waals surface area contributed by atoms with Crippen LogP contribution in [-0.4, -0.2) is 46.2 Å². The highest BCUT2D eigenvalue weighted by molar-refractivity contribution is 6.32. The number of nitro benzene ring substituents is 1. The van der Waals surface area contributed by atoms with Crippen LogP contribution in [0.1, 0.15) is 35.5 Å². The van der Waals surface area contributed by atoms with Crippen LogP contribution < -0.4 is 0 Å². The third kappa shape index (κ3) is 7.42. The van der Waals surface area contributed by atoms with Crippen LogP contribution in [0.4, 0.5) is 5.69 Å². The van der Waals surface area contributed by atoms with Crippen LogP contribution >= 0.6 is 11.6 Å². The van der Waals surface area contributed by atoms with Crippen molar-refractivity contribution in [3.05, 3.63) is 99.0 Å². The van der Waals surface area contributed by atoms with E-state index in [-0.39, 0.29) is 41.2 Å². The van der Waals surface area contributed by atoms with Crippen molar-refractivity contribution < 1.29 is 18.9 Å². The summed E-state index contributed by atoms with van der Waals surface area (Å²) in [5.41, 5.74) is 0.848. The average molecular weight is 498 g/mol. The Labute approximate surface area is 209 Å². The minimum absolute atomic E-state index is 0.0522. The maximum Gasteiger partial charge on any atom is 0.288 e. The largest absolute Gasteiger partial charge is 0.467 e. The first-order chi connectivity index (χ1) is 16.7. The quantitative estimate of drug-likeness (QED) is 0.267. The molecule has 3 aromatic rings. The normalized spacial score (nSPS) is 10.9. The van der Waals surface area contributed by atoms with Gasteiger partial charge < -0.3 is 14.2 Å². The van der Waals surface area contributed by atoms with E-state index < -0.39 is 10.8 Å². The van der Waals surface area contributed by atoms with Crippen LogP contribution in [0.3, 0.4) is 0 Å². The molecule has 0 radical (unpaired) electrons. The van der Waals surface area contributed by atoms with Crippen molar-refractivity contribution in [2.24, 2.45) is 5.92 Å². The molecule has 184 valence electrons. The van der Waals surface area contributed by atoms with Crippen molar-refractivity contribution in [3.8, 4) is 0 Å². The summed E-state index contributed by atoms with van der Waals surface area (Å²) in [5.74, 6) is 0.0148. The Balaban J connectivity index is 1.80. The van der Waals surface area contributed by atoms with Crippen LogP contribution in [0.25, 0.3) is 0 Å². The van der Waals surface area contributed by atoms with Gasteiger partial charge in [0.15, 0.2) is 0 Å². The summed E-state index contributed by atoms with van der Waals surface area (Å²) >= 11 is 5.90. The third-order valence-electron chi connectivity index (χ3n) is 5.38. The van der Waals surface area contributed by atoms with E-state index in [1.165, 1.54) is 17.0 Å². The van der Waals surface area contributed by atoms with Crippen molar-refractivity contribution in [3.63, 3.8) is 0 Å². The number of carbonyl (C=O) groups is 2. The Bertz CT molecular complexity index is 1150. The van der Waals surface area contributed by atoms with E-state index in [2.05, 4.69) is 0 Å². The summed E-state index contributed by atoms with van der Waals surface area (Å²) in [6.45, 7) is 4.74. The van der Waals surface area contributed by atoms with Gasteiger partial charge in [-0.05, 0) is 42.2 Å². The molecule has 0 unspecified atom stereocenters. The zero-order valence-corrected chi connectivity index (χ0v) is 20.5. The molecule has 1 heterocycles. The molecule has 8 nitrogen and oxygen atoms in total. The number of nitro groups is 1. The van der Waals surface area contributed by atoms with E-state index in [1.54, 1.807) is 23.3 Å². The zero-order chi connectivity index (χ0) is 25.4. The lowest BCUT2D eigenvalue weighted by Crippen LogP contribution is -2.44. The Kier molecular flexibility index (Phi) is 9.03. The summed E-state index contributed by atoms with van der Waals surface area (Å²) in [4.78, 5) is 40.4. The van der Waals surface area contributed by atoms with Crippen molar-refractivity contribution in [2.75, 3.05) is 19.6 Å². The molecule has 2 amide bonds. The van der Waals surface area contributed by atoms with Gasteiger partial charge in [0.1, 0.15) is 17.3 Å². The standard InChI is InChI=1S/C26H28ClN3O5/c1-19(2)16-29(26(32)21-10-11-23(27)24(15-21)30(33)34)18-25(31)28(17-22-9-6-14-35-22)13-12-20-7-4-3-5-8-20/h3-11,14-15,19H,12-13,16-18H2,1-2H3. The SMILES string of the molecule is CC(C)CN(CC(=O)N(CCc1ccccc1)Cc1ccco1)C(=O)c1ccc(Cl)c([N+](=O)[O-])c1. The van der Waals surface area contributed by atoms with E-state index in [4.69, 9.17) is 16.0 Å². The van der Waals surface area contributed by atoms with E-state index >= 15 is 0 Å². The predicted octanol–water partition coefficient (Wildman–Crippen LogP) is 5.21. The molecular formula is C26H28ClN3O5. The number of nitrogens with zero attached hydrogens (tertiary/aromatic N) is 3. The molecular weight excluding hydrogens is 470 g/mol. The highest BCUT2D eigenvalue weighted by atomic mass is 35.5. The smallest absolute Gasteiger partial charge is 0.288 e. The van der Waals surface area contributed by atoms with Crippen LogP contribution in [0.15, 0.2) is 71.3 Å². The second-order valence-electron chi connectivity index (χ2n) is 8.63. The number of hydrogen-bond donors (Lipinski definition) is 0. The first kappa shape index (κ1) is 26.0. The highest BCUT2D eigenvalue weighted by Crippen LogP contribution is 2.26. The number of furan rings is 1. The molecule has 0 fully saturated rings. The Morgan fingerprint density at radius 1 is 1.06 bits per heavy atom. The van der Waals surface area contributed by atoms with Gasteiger partial charge >= 0.3 is 0 Å². The lowest BCUT2D eigenvalue weighted by atomic mass is 10.1. The van der Waals surface area contributed by atoms with Crippen LogP contribution in [-0.2, 0) is 17.8 Å². The summed E-state index contributed by atoms with van der Waals surface area (Å²) in [6.07, 6.45) is 2.20. The first-order valence-corrected chi connectivity index (χ1v) is 11.7. The molecule has 35 heavy (non-hydrogen) atoms. The van der Waals surface area contributed by atoms with Crippen LogP contribution in [0.2, 0.25) is 5.02 Å². The molecule has 0 spiro atoms. The average Bonchev–Trinajstić information content (AvgIpc) is 3.34. The molecule has 0 atom stereocenters. The molecule has 0 N–H and O–H groups in total. The number of carbonyl (C=O) groups excluding carboxylic acids is 2. The predicted molar refractivity (Wildman–Crippen MR) is 133 cm³/mol. The Morgan fingerprint density at radius 3 is 2.43 bits per heavy atom. The number of rotatable bonds is 11. The topological polar surface area (TPSA) is 96.9 Å². The van der Waals surface area contributed by atoms with E-state index in [0.29, 0.717) is 25.3 Å². The lowest BCUT2D eigenvalue weighted by Gasteiger charge is -2.28. The third-order valence-corrected chi connectivity index (χ3v) is 5.70. The molecule has 0 saturated carbocycles. The summed E-state index contributed by atoms with van der Waals surface area (Å²) < 4.78 is 5.45. The molecule has 9 heteroatoms. The second kappa shape index (κ2) is 12.2. The number of amides is 2. The van der Waals surface area contributed by atoms with Gasteiger partial charge in [-0.25, -0.2) is 0 Å². The molecule has 0 bridgehead atoms. The van der Waals surface area contributed by atoms with E-state index in [1.807, 2.05) is 44.2 Å². The molecule has 0 aliphatic rings. The van der Waals surface area contributed by atoms with Crippen molar-refractivity contribution >= 4 is 29.1 Å². The van der Waals surface area contributed by atoms with Gasteiger partial charge in [0.2, 0.25) is 5.91 Å². The second-order valence-corrected chi connectivity index (χ2v) is 9.04. The monoisotopic (exact) mass is 497 g/mol. The van der Waals surface area contributed by atoms with Gasteiger partial charge in [0.25, 0.3) is 11.6 Å². The molecule has 1 aromatic heterocycles. The van der Waals surface area contributed by atoms with E-state index in [0.717, 1.165) is 11.6 Å². The first-order valence-electron chi connectivity index (χ1n) is 11.3. The molecule has 3 rings (SSSR count). The number of benzene rings is 2. The van der Waals surface area contributed by atoms with Gasteiger partial charge in [-0.3, -0.25) is 19.7 Å². The molecule has 0 saturated heterocycles. The van der Waals surface area contributed by atoms with Crippen molar-refractivity contribution in [1.29, 1.82) is 0 Å². The lowest BCUT2D eigenvalue weighted by molar-refractivity contribution is -0.384. The fourth-order valence-corrected chi connectivity index (χ4v) is 3.87. The fourth-order valence-electron chi connectivity index (χ4n) is 3.68. The summed E-state index contributed by atoms with van der Waals surface area (Å²) in [6, 6.07) is 17.3. The van der Waals surface area contributed by atoms with Gasteiger partial charge in [-0.1, -0.05) is 55.8 Å². The van der Waals surface area contributed by atoms with Gasteiger partial charge in [0.05, 0.1) is 17.7 Å². The van der Waals surface area contributed by atoms with Gasteiger partial charge in [-0.2, -0.15) is 0 Å². The minimum atomic E-state index is -0.633. The van der Waals surface area contributed by atoms with Crippen LogP contribution in [0, 0.1) is 16.0 Å². The van der Waals surface area contributed by atoms with Crippen molar-refractivity contribution in [1.82, 2.24) is 9.80 Å². The minimum Gasteiger partial charge on any atom is -0.467 e. The maximum atomic E-state index is 13.4. The van der Waals surface area contributed by atoms with Crippen molar-refractivity contribution in [2.45, 2.75) is 26.8 Å². The zero-order valence-electron chi connectivity index (χ0n) is 19.7. The maximum absolute atomic E-state index is 13.4. The van der Waals surface area contributed by atoms with Crippen LogP contribution in [0.5, 0.6) is 0 Å². The molecule has 2 aromatic carbocycles. The summed E-state index contributed by atoms with van der Waals surface area (Å²) in [5, 5.41) is 11.2. The summed E-state index contributed by atoms with van der Waals surface area (Å²) in [7, 11) is 0. The highest BCUT2D eigenvalue weighted by Gasteiger charge is 2.25. The Morgan fingerprint density at radius 2 is 1.80 bits per heavy atom. The van der Waals surface area contributed by atoms with Gasteiger partial charge in [0, 0.05) is 24.7 Å². The number of hydrogen-bond acceptors (Lipinski definition) is 5.